The number of halogens is 4. The Bertz CT molecular complexity index is 824. The first-order valence-corrected chi connectivity index (χ1v) is 8.80. The monoisotopic (exact) mass is 401 g/mol. The van der Waals surface area contributed by atoms with Crippen LogP contribution in [0.25, 0.3) is 0 Å². The van der Waals surface area contributed by atoms with E-state index in [9.17, 15) is 18.0 Å². The van der Waals surface area contributed by atoms with Gasteiger partial charge in [-0.15, -0.1) is 0 Å². The van der Waals surface area contributed by atoms with Crippen molar-refractivity contribution >= 4 is 23.3 Å². The number of alkyl halides is 3. The number of nitrogens with one attached hydrogen (secondary N) is 1. The smallest absolute Gasteiger partial charge is 0.352 e. The Kier molecular flexibility index (Phi) is 5.32. The summed E-state index contributed by atoms with van der Waals surface area (Å²) in [6.45, 7) is 5.53. The number of pyridine rings is 1. The molecule has 1 amide bonds. The summed E-state index contributed by atoms with van der Waals surface area (Å²) >= 11 is 6.00. The molecule has 3 rings (SSSR count). The van der Waals surface area contributed by atoms with Crippen LogP contribution in [0.2, 0.25) is 5.02 Å². The Morgan fingerprint density at radius 2 is 1.93 bits per heavy atom. The van der Waals surface area contributed by atoms with Crippen LogP contribution in [0.15, 0.2) is 12.3 Å². The largest absolute Gasteiger partial charge is 0.417 e. The maximum Gasteiger partial charge on any atom is 0.417 e. The quantitative estimate of drug-likeness (QED) is 0.858. The summed E-state index contributed by atoms with van der Waals surface area (Å²) in [6, 6.07) is 0.881. The van der Waals surface area contributed by atoms with E-state index in [1.807, 2.05) is 13.8 Å². The van der Waals surface area contributed by atoms with Gasteiger partial charge in [-0.2, -0.15) is 18.3 Å². The fourth-order valence-corrected chi connectivity index (χ4v) is 3.37. The van der Waals surface area contributed by atoms with Crippen LogP contribution in [0.5, 0.6) is 0 Å². The molecule has 1 aliphatic heterocycles. The zero-order valence-corrected chi connectivity index (χ0v) is 15.7. The van der Waals surface area contributed by atoms with Gasteiger partial charge in [0.1, 0.15) is 5.82 Å². The molecule has 1 aliphatic rings. The lowest BCUT2D eigenvalue weighted by Gasteiger charge is -2.36. The maximum absolute atomic E-state index is 12.7. The number of carbonyl (C=O) groups excluding carboxylic acids is 1. The molecule has 2 aromatic rings. The molecule has 0 bridgehead atoms. The standard InChI is InChI=1S/C17H19ClF3N5O/c1-10-13(11(2)24-23-10)8-15(27)25-3-5-26(6-4-25)16-14(18)7-12(9-22-16)17(19,20)21/h7,9H,3-6,8H2,1-2H3,(H,23,24). The summed E-state index contributed by atoms with van der Waals surface area (Å²) in [6.07, 6.45) is -3.43. The van der Waals surface area contributed by atoms with Crippen LogP contribution in [-0.4, -0.2) is 52.2 Å². The van der Waals surface area contributed by atoms with E-state index >= 15 is 0 Å². The van der Waals surface area contributed by atoms with Crippen LogP contribution < -0.4 is 4.90 Å². The van der Waals surface area contributed by atoms with Crippen molar-refractivity contribution in [1.82, 2.24) is 20.1 Å². The zero-order chi connectivity index (χ0) is 19.8. The molecule has 6 nitrogen and oxygen atoms in total. The number of carbonyl (C=O) groups is 1. The van der Waals surface area contributed by atoms with Crippen molar-refractivity contribution in [2.24, 2.45) is 0 Å². The average molecular weight is 402 g/mol. The molecule has 0 saturated carbocycles. The maximum atomic E-state index is 12.7. The molecule has 1 saturated heterocycles. The van der Waals surface area contributed by atoms with E-state index in [4.69, 9.17) is 11.6 Å². The molecule has 1 N–H and O–H groups in total. The SMILES string of the molecule is Cc1n[nH]c(C)c1CC(=O)N1CCN(c2ncc(C(F)(F)F)cc2Cl)CC1. The summed E-state index contributed by atoms with van der Waals surface area (Å²) < 4.78 is 38.2. The number of hydrogen-bond acceptors (Lipinski definition) is 4. The summed E-state index contributed by atoms with van der Waals surface area (Å²) in [5, 5.41) is 6.91. The highest BCUT2D eigenvalue weighted by Crippen LogP contribution is 2.33. The number of aromatic amines is 1. The molecular weight excluding hydrogens is 383 g/mol. The van der Waals surface area contributed by atoms with E-state index in [0.29, 0.717) is 32.0 Å². The van der Waals surface area contributed by atoms with Crippen LogP contribution in [0, 0.1) is 13.8 Å². The Morgan fingerprint density at radius 3 is 2.44 bits per heavy atom. The third-order valence-corrected chi connectivity index (χ3v) is 4.97. The van der Waals surface area contributed by atoms with Gasteiger partial charge in [0.25, 0.3) is 0 Å². The van der Waals surface area contributed by atoms with Crippen LogP contribution >= 0.6 is 11.6 Å². The van der Waals surface area contributed by atoms with Gasteiger partial charge >= 0.3 is 6.18 Å². The van der Waals surface area contributed by atoms with Gasteiger partial charge in [-0.1, -0.05) is 11.6 Å². The van der Waals surface area contributed by atoms with Gasteiger partial charge in [-0.3, -0.25) is 9.89 Å². The minimum atomic E-state index is -4.48. The lowest BCUT2D eigenvalue weighted by molar-refractivity contribution is -0.137. The molecule has 146 valence electrons. The highest BCUT2D eigenvalue weighted by molar-refractivity contribution is 6.33. The molecule has 2 aromatic heterocycles. The number of aryl methyl sites for hydroxylation is 2. The molecule has 0 spiro atoms. The van der Waals surface area contributed by atoms with E-state index in [0.717, 1.165) is 29.2 Å². The van der Waals surface area contributed by atoms with Crippen LogP contribution in [0.3, 0.4) is 0 Å². The van der Waals surface area contributed by atoms with Crippen LogP contribution in [0.4, 0.5) is 19.0 Å². The molecule has 10 heteroatoms. The third-order valence-electron chi connectivity index (χ3n) is 4.69. The van der Waals surface area contributed by atoms with Gasteiger partial charge in [0, 0.05) is 43.6 Å². The summed E-state index contributed by atoms with van der Waals surface area (Å²) in [7, 11) is 0. The first-order valence-electron chi connectivity index (χ1n) is 8.42. The van der Waals surface area contributed by atoms with E-state index < -0.39 is 11.7 Å². The van der Waals surface area contributed by atoms with Crippen molar-refractivity contribution in [3.63, 3.8) is 0 Å². The van der Waals surface area contributed by atoms with Crippen molar-refractivity contribution in [2.45, 2.75) is 26.4 Å². The number of anilines is 1. The topological polar surface area (TPSA) is 65.1 Å². The van der Waals surface area contributed by atoms with Crippen molar-refractivity contribution in [3.8, 4) is 0 Å². The van der Waals surface area contributed by atoms with Crippen molar-refractivity contribution in [2.75, 3.05) is 31.1 Å². The Labute approximate surface area is 159 Å². The van der Waals surface area contributed by atoms with E-state index in [1.54, 1.807) is 9.80 Å². The molecule has 0 aliphatic carbocycles. The minimum absolute atomic E-state index is 0.00581. The minimum Gasteiger partial charge on any atom is -0.352 e. The molecule has 1 fully saturated rings. The van der Waals surface area contributed by atoms with E-state index in [2.05, 4.69) is 15.2 Å². The Balaban J connectivity index is 1.63. The van der Waals surface area contributed by atoms with E-state index in [1.165, 1.54) is 0 Å². The number of hydrogen-bond donors (Lipinski definition) is 1. The van der Waals surface area contributed by atoms with Gasteiger partial charge < -0.3 is 9.80 Å². The van der Waals surface area contributed by atoms with E-state index in [-0.39, 0.29) is 17.4 Å². The predicted molar refractivity (Wildman–Crippen MR) is 94.8 cm³/mol. The highest BCUT2D eigenvalue weighted by Gasteiger charge is 2.32. The van der Waals surface area contributed by atoms with Gasteiger partial charge in [-0.05, 0) is 19.9 Å². The lowest BCUT2D eigenvalue weighted by Crippen LogP contribution is -2.49. The van der Waals surface area contributed by atoms with Crippen molar-refractivity contribution in [3.05, 3.63) is 39.8 Å². The molecule has 27 heavy (non-hydrogen) atoms. The second-order valence-corrected chi connectivity index (χ2v) is 6.89. The first kappa shape index (κ1) is 19.5. The van der Waals surface area contributed by atoms with Crippen LogP contribution in [0.1, 0.15) is 22.5 Å². The lowest BCUT2D eigenvalue weighted by atomic mass is 10.1. The Morgan fingerprint density at radius 1 is 1.26 bits per heavy atom. The third kappa shape index (κ3) is 4.18. The molecule has 0 unspecified atom stereocenters. The first-order chi connectivity index (χ1) is 12.7. The highest BCUT2D eigenvalue weighted by atomic mass is 35.5. The number of rotatable bonds is 3. The second kappa shape index (κ2) is 7.38. The molecular formula is C17H19ClF3N5O. The van der Waals surface area contributed by atoms with Gasteiger partial charge in [0.05, 0.1) is 22.7 Å². The van der Waals surface area contributed by atoms with Crippen molar-refractivity contribution < 1.29 is 18.0 Å². The Hall–Kier alpha value is -2.29. The van der Waals surface area contributed by atoms with Gasteiger partial charge in [0.2, 0.25) is 5.91 Å². The predicted octanol–water partition coefficient (Wildman–Crippen LogP) is 2.99. The summed E-state index contributed by atoms with van der Waals surface area (Å²) in [5.74, 6) is 0.298. The molecule has 0 atom stereocenters. The van der Waals surface area contributed by atoms with Gasteiger partial charge in [-0.25, -0.2) is 4.98 Å². The number of H-pyrrole nitrogens is 1. The second-order valence-electron chi connectivity index (χ2n) is 6.48. The van der Waals surface area contributed by atoms with Gasteiger partial charge in [0.15, 0.2) is 0 Å². The number of nitrogens with zero attached hydrogens (tertiary/aromatic N) is 4. The summed E-state index contributed by atoms with van der Waals surface area (Å²) in [4.78, 5) is 19.9. The van der Waals surface area contributed by atoms with Crippen molar-refractivity contribution in [1.29, 1.82) is 0 Å². The summed E-state index contributed by atoms with van der Waals surface area (Å²) in [5.41, 5.74) is 1.70. The fourth-order valence-electron chi connectivity index (χ4n) is 3.08. The molecule has 0 aromatic carbocycles. The number of piperazine rings is 1. The zero-order valence-electron chi connectivity index (χ0n) is 14.9. The molecule has 0 radical (unpaired) electrons. The number of amides is 1. The average Bonchev–Trinajstić information content (AvgIpc) is 2.93. The number of aromatic nitrogens is 3. The normalized spacial score (nSPS) is 15.3. The van der Waals surface area contributed by atoms with Crippen LogP contribution in [-0.2, 0) is 17.4 Å². The molecule has 3 heterocycles. The fraction of sp³-hybridized carbons (Fsp3) is 0.471.